The summed E-state index contributed by atoms with van der Waals surface area (Å²) in [4.78, 5) is 31.2. The fourth-order valence-corrected chi connectivity index (χ4v) is 4.68. The molecule has 0 spiro atoms. The molecule has 30 heavy (non-hydrogen) atoms. The first-order valence-corrected chi connectivity index (χ1v) is 10.8. The molecule has 1 aliphatic heterocycles. The number of nitrogens with one attached hydrogen (secondary N) is 1. The lowest BCUT2D eigenvalue weighted by Gasteiger charge is -2.25. The SMILES string of the molecule is Cc1ccc(NC(=O)CN2C(=O)CSC2c2cnccc2-c2ccc(C)cc2)cc1. The van der Waals surface area contributed by atoms with Crippen LogP contribution in [0.15, 0.2) is 67.0 Å². The van der Waals surface area contributed by atoms with Gasteiger partial charge in [0.2, 0.25) is 11.8 Å². The third-order valence-electron chi connectivity index (χ3n) is 5.10. The van der Waals surface area contributed by atoms with Gasteiger partial charge in [0.15, 0.2) is 0 Å². The average Bonchev–Trinajstić information content (AvgIpc) is 3.10. The topological polar surface area (TPSA) is 62.3 Å². The number of nitrogens with zero attached hydrogens (tertiary/aromatic N) is 2. The van der Waals surface area contributed by atoms with Crippen molar-refractivity contribution >= 4 is 29.3 Å². The lowest BCUT2D eigenvalue weighted by Crippen LogP contribution is -2.36. The highest BCUT2D eigenvalue weighted by molar-refractivity contribution is 8.00. The number of carbonyl (C=O) groups is 2. The Labute approximate surface area is 180 Å². The monoisotopic (exact) mass is 417 g/mol. The Hall–Kier alpha value is -3.12. The van der Waals surface area contributed by atoms with Crippen LogP contribution >= 0.6 is 11.8 Å². The number of hydrogen-bond donors (Lipinski definition) is 1. The molecular weight excluding hydrogens is 394 g/mol. The minimum atomic E-state index is -0.244. The van der Waals surface area contributed by atoms with Gasteiger partial charge in [-0.2, -0.15) is 0 Å². The Balaban J connectivity index is 1.57. The van der Waals surface area contributed by atoms with Crippen LogP contribution in [-0.2, 0) is 9.59 Å². The Morgan fingerprint density at radius 2 is 1.73 bits per heavy atom. The Kier molecular flexibility index (Phi) is 5.86. The maximum Gasteiger partial charge on any atom is 0.244 e. The van der Waals surface area contributed by atoms with E-state index < -0.39 is 0 Å². The molecule has 1 N–H and O–H groups in total. The Morgan fingerprint density at radius 1 is 1.07 bits per heavy atom. The van der Waals surface area contributed by atoms with Crippen molar-refractivity contribution in [3.05, 3.63) is 83.7 Å². The van der Waals surface area contributed by atoms with Crippen molar-refractivity contribution in [1.82, 2.24) is 9.88 Å². The first kappa shape index (κ1) is 20.2. The van der Waals surface area contributed by atoms with Crippen molar-refractivity contribution in [1.29, 1.82) is 0 Å². The molecule has 1 atom stereocenters. The highest BCUT2D eigenvalue weighted by Crippen LogP contribution is 2.42. The molecule has 6 heteroatoms. The fourth-order valence-electron chi connectivity index (χ4n) is 3.47. The van der Waals surface area contributed by atoms with E-state index in [9.17, 15) is 9.59 Å². The van der Waals surface area contributed by atoms with Crippen molar-refractivity contribution in [2.24, 2.45) is 0 Å². The van der Waals surface area contributed by atoms with Gasteiger partial charge in [-0.1, -0.05) is 47.5 Å². The number of anilines is 1. The molecule has 3 aromatic rings. The summed E-state index contributed by atoms with van der Waals surface area (Å²) < 4.78 is 0. The van der Waals surface area contributed by atoms with Gasteiger partial charge in [-0.3, -0.25) is 14.6 Å². The van der Waals surface area contributed by atoms with Gasteiger partial charge >= 0.3 is 0 Å². The molecule has 1 fully saturated rings. The van der Waals surface area contributed by atoms with E-state index in [1.807, 2.05) is 37.3 Å². The molecule has 5 nitrogen and oxygen atoms in total. The zero-order valence-electron chi connectivity index (χ0n) is 17.0. The van der Waals surface area contributed by atoms with Gasteiger partial charge in [-0.25, -0.2) is 0 Å². The van der Waals surface area contributed by atoms with Crippen LogP contribution in [0.25, 0.3) is 11.1 Å². The quantitative estimate of drug-likeness (QED) is 0.660. The van der Waals surface area contributed by atoms with Crippen LogP contribution < -0.4 is 5.32 Å². The second kappa shape index (κ2) is 8.71. The molecule has 152 valence electrons. The van der Waals surface area contributed by atoms with Crippen molar-refractivity contribution < 1.29 is 9.59 Å². The van der Waals surface area contributed by atoms with Crippen molar-refractivity contribution in [2.45, 2.75) is 19.2 Å². The molecule has 1 saturated heterocycles. The number of hydrogen-bond acceptors (Lipinski definition) is 4. The van der Waals surface area contributed by atoms with Crippen LogP contribution in [0.4, 0.5) is 5.69 Å². The third-order valence-corrected chi connectivity index (χ3v) is 6.34. The average molecular weight is 418 g/mol. The number of thioether (sulfide) groups is 1. The van der Waals surface area contributed by atoms with Crippen LogP contribution in [0.2, 0.25) is 0 Å². The Morgan fingerprint density at radius 3 is 2.43 bits per heavy atom. The van der Waals surface area contributed by atoms with Crippen LogP contribution in [0, 0.1) is 13.8 Å². The number of amides is 2. The van der Waals surface area contributed by atoms with E-state index in [0.717, 1.165) is 27.9 Å². The normalized spacial score (nSPS) is 16.0. The zero-order valence-corrected chi connectivity index (χ0v) is 17.8. The van der Waals surface area contributed by atoms with Crippen LogP contribution in [-0.4, -0.2) is 34.0 Å². The molecule has 2 aromatic carbocycles. The van der Waals surface area contributed by atoms with Crippen LogP contribution in [0.5, 0.6) is 0 Å². The van der Waals surface area contributed by atoms with Crippen molar-refractivity contribution in [3.63, 3.8) is 0 Å². The van der Waals surface area contributed by atoms with Crippen LogP contribution in [0.1, 0.15) is 22.1 Å². The van der Waals surface area contributed by atoms with E-state index in [-0.39, 0.29) is 23.7 Å². The molecule has 2 heterocycles. The second-order valence-electron chi connectivity index (χ2n) is 7.43. The number of benzene rings is 2. The van der Waals surface area contributed by atoms with Gasteiger partial charge < -0.3 is 10.2 Å². The van der Waals surface area contributed by atoms with Gasteiger partial charge in [0, 0.05) is 23.6 Å². The molecule has 0 bridgehead atoms. The number of rotatable bonds is 5. The van der Waals surface area contributed by atoms with Crippen molar-refractivity contribution in [3.8, 4) is 11.1 Å². The zero-order chi connectivity index (χ0) is 21.1. The lowest BCUT2D eigenvalue weighted by atomic mass is 10.00. The maximum absolute atomic E-state index is 12.6. The van der Waals surface area contributed by atoms with E-state index in [4.69, 9.17) is 0 Å². The highest BCUT2D eigenvalue weighted by Gasteiger charge is 2.35. The molecule has 1 aromatic heterocycles. The lowest BCUT2D eigenvalue weighted by molar-refractivity contribution is -0.132. The van der Waals surface area contributed by atoms with E-state index in [1.165, 1.54) is 17.3 Å². The standard InChI is InChI=1S/C24H23N3O2S/c1-16-3-7-18(8-4-16)20-11-12-25-13-21(20)24-27(23(29)15-30-24)14-22(28)26-19-9-5-17(2)6-10-19/h3-13,24H,14-15H2,1-2H3,(H,26,28). The molecule has 0 aliphatic carbocycles. The third kappa shape index (κ3) is 4.39. The fraction of sp³-hybridized carbons (Fsp3) is 0.208. The minimum absolute atomic E-state index is 0.00656. The summed E-state index contributed by atoms with van der Waals surface area (Å²) in [5.74, 6) is 0.105. The van der Waals surface area contributed by atoms with Gasteiger partial charge in [0.25, 0.3) is 0 Å². The van der Waals surface area contributed by atoms with Gasteiger partial charge in [-0.15, -0.1) is 11.8 Å². The molecule has 2 amide bonds. The van der Waals surface area contributed by atoms with E-state index in [2.05, 4.69) is 41.5 Å². The van der Waals surface area contributed by atoms with Crippen molar-refractivity contribution in [2.75, 3.05) is 17.6 Å². The summed E-state index contributed by atoms with van der Waals surface area (Å²) in [6.45, 7) is 4.06. The smallest absolute Gasteiger partial charge is 0.244 e. The summed E-state index contributed by atoms with van der Waals surface area (Å²) in [7, 11) is 0. The number of aryl methyl sites for hydroxylation is 2. The molecule has 0 saturated carbocycles. The van der Waals surface area contributed by atoms with Gasteiger partial charge in [0.1, 0.15) is 11.9 Å². The van der Waals surface area contributed by atoms with E-state index >= 15 is 0 Å². The number of pyridine rings is 1. The molecule has 4 rings (SSSR count). The molecular formula is C24H23N3O2S. The summed E-state index contributed by atoms with van der Waals surface area (Å²) in [5, 5.41) is 2.64. The second-order valence-corrected chi connectivity index (χ2v) is 8.50. The maximum atomic E-state index is 12.6. The van der Waals surface area contributed by atoms with Gasteiger partial charge in [-0.05, 0) is 43.2 Å². The van der Waals surface area contributed by atoms with Gasteiger partial charge in [0.05, 0.1) is 5.75 Å². The summed E-state index contributed by atoms with van der Waals surface area (Å²) in [5.41, 5.74) is 6.08. The minimum Gasteiger partial charge on any atom is -0.325 e. The largest absolute Gasteiger partial charge is 0.325 e. The summed E-state index contributed by atoms with van der Waals surface area (Å²) in [6, 6.07) is 17.9. The number of carbonyl (C=O) groups excluding carboxylic acids is 2. The van der Waals surface area contributed by atoms with E-state index in [1.54, 1.807) is 17.3 Å². The predicted octanol–water partition coefficient (Wildman–Crippen LogP) is 4.58. The highest BCUT2D eigenvalue weighted by atomic mass is 32.2. The van der Waals surface area contributed by atoms with E-state index in [0.29, 0.717) is 5.75 Å². The summed E-state index contributed by atoms with van der Waals surface area (Å²) in [6.07, 6.45) is 3.56. The number of aromatic nitrogens is 1. The first-order valence-electron chi connectivity index (χ1n) is 9.80. The predicted molar refractivity (Wildman–Crippen MR) is 121 cm³/mol. The Bertz CT molecular complexity index is 1060. The molecule has 1 unspecified atom stereocenters. The molecule has 0 radical (unpaired) electrons. The summed E-state index contributed by atoms with van der Waals surface area (Å²) >= 11 is 1.53. The molecule has 1 aliphatic rings. The van der Waals surface area contributed by atoms with Crippen LogP contribution in [0.3, 0.4) is 0 Å². The first-order chi connectivity index (χ1) is 14.5.